The van der Waals surface area contributed by atoms with Crippen LogP contribution >= 0.6 is 15.9 Å². The third-order valence-corrected chi connectivity index (χ3v) is 3.80. The summed E-state index contributed by atoms with van der Waals surface area (Å²) in [6.45, 7) is 0. The molecule has 0 atom stereocenters. The summed E-state index contributed by atoms with van der Waals surface area (Å²) in [6.07, 6.45) is 0. The van der Waals surface area contributed by atoms with Gasteiger partial charge in [0.15, 0.2) is 0 Å². The number of methoxy groups -OCH3 is 1. The molecule has 2 aromatic carbocycles. The molecule has 0 fully saturated rings. The van der Waals surface area contributed by atoms with Crippen molar-refractivity contribution in [3.63, 3.8) is 0 Å². The third kappa shape index (κ3) is 2.81. The zero-order valence-electron chi connectivity index (χ0n) is 11.7. The van der Waals surface area contributed by atoms with Crippen LogP contribution in [0, 0.1) is 0 Å². The van der Waals surface area contributed by atoms with Crippen LogP contribution < -0.4 is 4.74 Å². The number of pyridine rings is 1. The standard InChI is InChI=1S/C17H12BrF2NO/c1-22-12-7-8-15-14(9-12)13(11-5-3-2-4-6-11)10-16(21-15)17(18,19)20/h2-10H,1H3. The molecule has 2 nitrogen and oxygen atoms in total. The molecule has 0 aliphatic carbocycles. The van der Waals surface area contributed by atoms with Gasteiger partial charge in [-0.25, -0.2) is 4.98 Å². The van der Waals surface area contributed by atoms with Gasteiger partial charge in [-0.2, -0.15) is 8.78 Å². The third-order valence-electron chi connectivity index (χ3n) is 3.39. The molecule has 0 saturated carbocycles. The summed E-state index contributed by atoms with van der Waals surface area (Å²) >= 11 is 2.39. The van der Waals surface area contributed by atoms with Crippen molar-refractivity contribution in [2.75, 3.05) is 7.11 Å². The second kappa shape index (κ2) is 5.65. The fraction of sp³-hybridized carbons (Fsp3) is 0.118. The lowest BCUT2D eigenvalue weighted by atomic mass is 10.00. The Labute approximate surface area is 134 Å². The van der Waals surface area contributed by atoms with Gasteiger partial charge in [0.05, 0.1) is 12.6 Å². The molecule has 3 rings (SSSR count). The maximum atomic E-state index is 13.7. The maximum Gasteiger partial charge on any atom is 0.343 e. The highest BCUT2D eigenvalue weighted by Crippen LogP contribution is 2.38. The zero-order chi connectivity index (χ0) is 15.7. The van der Waals surface area contributed by atoms with Crippen LogP contribution in [0.4, 0.5) is 8.78 Å². The Morgan fingerprint density at radius 2 is 1.77 bits per heavy atom. The number of hydrogen-bond donors (Lipinski definition) is 0. The molecule has 3 aromatic rings. The van der Waals surface area contributed by atoms with Crippen molar-refractivity contribution < 1.29 is 13.5 Å². The first-order chi connectivity index (χ1) is 10.5. The molecule has 5 heteroatoms. The number of nitrogens with zero attached hydrogens (tertiary/aromatic N) is 1. The Balaban J connectivity index is 2.34. The van der Waals surface area contributed by atoms with E-state index in [2.05, 4.69) is 20.9 Å². The highest BCUT2D eigenvalue weighted by Gasteiger charge is 2.30. The first kappa shape index (κ1) is 14.9. The number of rotatable bonds is 3. The average molecular weight is 364 g/mol. The molecular formula is C17H12BrF2NO. The number of halogens is 3. The number of fused-ring (bicyclic) bond motifs is 1. The van der Waals surface area contributed by atoms with Crippen molar-refractivity contribution in [2.24, 2.45) is 0 Å². The van der Waals surface area contributed by atoms with Crippen LogP contribution in [-0.4, -0.2) is 12.1 Å². The summed E-state index contributed by atoms with van der Waals surface area (Å²) < 4.78 is 32.5. The highest BCUT2D eigenvalue weighted by molar-refractivity contribution is 9.09. The van der Waals surface area contributed by atoms with Crippen LogP contribution in [0.15, 0.2) is 54.6 Å². The predicted molar refractivity (Wildman–Crippen MR) is 86.6 cm³/mol. The highest BCUT2D eigenvalue weighted by atomic mass is 79.9. The van der Waals surface area contributed by atoms with Gasteiger partial charge in [-0.1, -0.05) is 30.3 Å². The average Bonchev–Trinajstić information content (AvgIpc) is 2.53. The minimum Gasteiger partial charge on any atom is -0.497 e. The van der Waals surface area contributed by atoms with E-state index in [4.69, 9.17) is 4.74 Å². The second-order valence-electron chi connectivity index (χ2n) is 4.80. The van der Waals surface area contributed by atoms with Crippen LogP contribution in [0.1, 0.15) is 5.69 Å². The minimum atomic E-state index is -3.18. The first-order valence-corrected chi connectivity index (χ1v) is 7.40. The molecular weight excluding hydrogens is 352 g/mol. The van der Waals surface area contributed by atoms with Crippen molar-refractivity contribution in [1.82, 2.24) is 4.98 Å². The van der Waals surface area contributed by atoms with Crippen LogP contribution in [0.5, 0.6) is 5.75 Å². The molecule has 0 aliphatic rings. The fourth-order valence-electron chi connectivity index (χ4n) is 2.33. The van der Waals surface area contributed by atoms with Crippen LogP contribution in [-0.2, 0) is 4.83 Å². The molecule has 112 valence electrons. The number of hydrogen-bond acceptors (Lipinski definition) is 2. The molecule has 0 amide bonds. The summed E-state index contributed by atoms with van der Waals surface area (Å²) in [5.41, 5.74) is 1.72. The second-order valence-corrected chi connectivity index (χ2v) is 5.80. The van der Waals surface area contributed by atoms with Gasteiger partial charge in [0.25, 0.3) is 0 Å². The van der Waals surface area contributed by atoms with Gasteiger partial charge in [-0.05, 0) is 51.3 Å². The molecule has 22 heavy (non-hydrogen) atoms. The van der Waals surface area contributed by atoms with E-state index in [1.165, 1.54) is 6.07 Å². The fourth-order valence-corrected chi connectivity index (χ4v) is 2.54. The first-order valence-electron chi connectivity index (χ1n) is 6.60. The number of aromatic nitrogens is 1. The molecule has 1 aromatic heterocycles. The Kier molecular flexibility index (Phi) is 3.83. The van der Waals surface area contributed by atoms with Gasteiger partial charge in [-0.15, -0.1) is 0 Å². The van der Waals surface area contributed by atoms with Crippen molar-refractivity contribution in [2.45, 2.75) is 4.83 Å². The lowest BCUT2D eigenvalue weighted by Gasteiger charge is -2.14. The van der Waals surface area contributed by atoms with Gasteiger partial charge < -0.3 is 4.74 Å². The van der Waals surface area contributed by atoms with E-state index in [1.807, 2.05) is 30.3 Å². The van der Waals surface area contributed by atoms with Crippen LogP contribution in [0.2, 0.25) is 0 Å². The molecule has 0 aliphatic heterocycles. The zero-order valence-corrected chi connectivity index (χ0v) is 13.3. The Morgan fingerprint density at radius 3 is 2.41 bits per heavy atom. The maximum absolute atomic E-state index is 13.7. The Hall–Kier alpha value is -2.01. The number of ether oxygens (including phenoxy) is 1. The summed E-state index contributed by atoms with van der Waals surface area (Å²) in [6, 6.07) is 16.0. The van der Waals surface area contributed by atoms with E-state index < -0.39 is 4.83 Å². The van der Waals surface area contributed by atoms with E-state index in [1.54, 1.807) is 25.3 Å². The molecule has 0 spiro atoms. The Morgan fingerprint density at radius 1 is 1.05 bits per heavy atom. The van der Waals surface area contributed by atoms with Crippen molar-refractivity contribution in [3.8, 4) is 16.9 Å². The van der Waals surface area contributed by atoms with E-state index in [0.29, 0.717) is 16.8 Å². The van der Waals surface area contributed by atoms with Gasteiger partial charge in [-0.3, -0.25) is 0 Å². The predicted octanol–water partition coefficient (Wildman–Crippen LogP) is 5.35. The summed E-state index contributed by atoms with van der Waals surface area (Å²) in [7, 11) is 1.57. The van der Waals surface area contributed by atoms with Crippen LogP contribution in [0.3, 0.4) is 0 Å². The monoisotopic (exact) mass is 363 g/mol. The van der Waals surface area contributed by atoms with Gasteiger partial charge in [0.2, 0.25) is 0 Å². The quantitative estimate of drug-likeness (QED) is 0.584. The lowest BCUT2D eigenvalue weighted by Crippen LogP contribution is -2.06. The smallest absolute Gasteiger partial charge is 0.343 e. The minimum absolute atomic E-state index is 0.316. The largest absolute Gasteiger partial charge is 0.497 e. The van der Waals surface area contributed by atoms with Gasteiger partial charge >= 0.3 is 4.83 Å². The molecule has 0 unspecified atom stereocenters. The molecule has 0 bridgehead atoms. The molecule has 0 N–H and O–H groups in total. The summed E-state index contributed by atoms with van der Waals surface area (Å²) in [5, 5.41) is 0.769. The van der Waals surface area contributed by atoms with E-state index in [-0.39, 0.29) is 5.69 Å². The summed E-state index contributed by atoms with van der Waals surface area (Å²) in [4.78, 5) is 0.880. The van der Waals surface area contributed by atoms with E-state index in [9.17, 15) is 8.78 Å². The van der Waals surface area contributed by atoms with E-state index in [0.717, 1.165) is 10.9 Å². The summed E-state index contributed by atoms with van der Waals surface area (Å²) in [5.74, 6) is 0.657. The Bertz CT molecular complexity index is 816. The molecule has 1 heterocycles. The van der Waals surface area contributed by atoms with Crippen LogP contribution in [0.25, 0.3) is 22.0 Å². The van der Waals surface area contributed by atoms with E-state index >= 15 is 0 Å². The SMILES string of the molecule is COc1ccc2nc(C(F)(F)Br)cc(-c3ccccc3)c2c1. The normalized spacial score (nSPS) is 11.6. The molecule has 0 radical (unpaired) electrons. The van der Waals surface area contributed by atoms with Crippen molar-refractivity contribution >= 4 is 26.8 Å². The number of alkyl halides is 3. The topological polar surface area (TPSA) is 22.1 Å². The number of benzene rings is 2. The van der Waals surface area contributed by atoms with Crippen molar-refractivity contribution in [3.05, 3.63) is 60.3 Å². The van der Waals surface area contributed by atoms with Gasteiger partial charge in [0.1, 0.15) is 11.4 Å². The lowest BCUT2D eigenvalue weighted by molar-refractivity contribution is 0.110. The van der Waals surface area contributed by atoms with Crippen molar-refractivity contribution in [1.29, 1.82) is 0 Å². The molecule has 0 saturated heterocycles. The van der Waals surface area contributed by atoms with Gasteiger partial charge in [0, 0.05) is 5.39 Å².